The fourth-order valence-electron chi connectivity index (χ4n) is 2.54. The van der Waals surface area contributed by atoms with E-state index in [-0.39, 0.29) is 11.2 Å². The molecular formula is C15H21BN2O4S. The van der Waals surface area contributed by atoms with Crippen LogP contribution in [0, 0.1) is 0 Å². The van der Waals surface area contributed by atoms with Gasteiger partial charge in [0.2, 0.25) is 0 Å². The minimum Gasteiger partial charge on any atom is -0.465 e. The number of carbonyl (C=O) groups is 1. The summed E-state index contributed by atoms with van der Waals surface area (Å²) in [5.41, 5.74) is 0.359. The molecule has 3 heterocycles. The molecule has 0 aliphatic carbocycles. The molecule has 8 heteroatoms. The van der Waals surface area contributed by atoms with Crippen molar-refractivity contribution < 1.29 is 19.2 Å². The molecule has 0 radical (unpaired) electrons. The summed E-state index contributed by atoms with van der Waals surface area (Å²) in [7, 11) is -0.397. The predicted molar refractivity (Wildman–Crippen MR) is 90.0 cm³/mol. The van der Waals surface area contributed by atoms with Crippen molar-refractivity contribution in [1.82, 2.24) is 9.88 Å². The Hall–Kier alpha value is -1.38. The molecule has 0 saturated carbocycles. The van der Waals surface area contributed by atoms with Crippen LogP contribution in [0.2, 0.25) is 0 Å². The molecule has 1 N–H and O–H groups in total. The standard InChI is InChI=1S/C15H21BN2O4S/c1-14(2)15(3,4)22-16(21-14)11-9-17-12(23-11)10-5-7-18(8-6-10)13(19)20/h5,9H,6-8H2,1-4H3,(H,19,20). The molecule has 1 fully saturated rings. The van der Waals surface area contributed by atoms with Crippen molar-refractivity contribution in [3.05, 3.63) is 17.3 Å². The Morgan fingerprint density at radius 2 is 2.00 bits per heavy atom. The van der Waals surface area contributed by atoms with E-state index in [1.165, 1.54) is 4.90 Å². The van der Waals surface area contributed by atoms with Crippen LogP contribution in [0.15, 0.2) is 12.3 Å². The SMILES string of the molecule is CC1(C)OB(c2cnc(C3=CCN(C(=O)O)CC3)s2)OC1(C)C. The highest BCUT2D eigenvalue weighted by Crippen LogP contribution is 2.37. The van der Waals surface area contributed by atoms with E-state index in [0.717, 1.165) is 15.4 Å². The summed E-state index contributed by atoms with van der Waals surface area (Å²) >= 11 is 1.55. The van der Waals surface area contributed by atoms with Crippen molar-refractivity contribution in [2.75, 3.05) is 13.1 Å². The van der Waals surface area contributed by atoms with Crippen LogP contribution in [0.1, 0.15) is 39.1 Å². The summed E-state index contributed by atoms with van der Waals surface area (Å²) in [6.07, 6.45) is 3.54. The minimum atomic E-state index is -0.877. The van der Waals surface area contributed by atoms with Crippen molar-refractivity contribution in [2.45, 2.75) is 45.3 Å². The third-order valence-electron chi connectivity index (χ3n) is 4.76. The van der Waals surface area contributed by atoms with E-state index in [4.69, 9.17) is 14.4 Å². The number of rotatable bonds is 2. The molecule has 2 aliphatic heterocycles. The number of aromatic nitrogens is 1. The molecule has 0 atom stereocenters. The van der Waals surface area contributed by atoms with Gasteiger partial charge in [0.1, 0.15) is 5.01 Å². The lowest BCUT2D eigenvalue weighted by atomic mass is 9.89. The van der Waals surface area contributed by atoms with Crippen LogP contribution < -0.4 is 4.78 Å². The van der Waals surface area contributed by atoms with Crippen LogP contribution in [-0.2, 0) is 9.31 Å². The van der Waals surface area contributed by atoms with E-state index in [2.05, 4.69) is 4.98 Å². The fraction of sp³-hybridized carbons (Fsp3) is 0.600. The van der Waals surface area contributed by atoms with Crippen molar-refractivity contribution in [2.24, 2.45) is 0 Å². The third kappa shape index (κ3) is 3.03. The molecule has 23 heavy (non-hydrogen) atoms. The van der Waals surface area contributed by atoms with Gasteiger partial charge < -0.3 is 19.3 Å². The van der Waals surface area contributed by atoms with Crippen LogP contribution in [0.25, 0.3) is 5.57 Å². The molecular weight excluding hydrogens is 315 g/mol. The number of amides is 1. The number of hydrogen-bond donors (Lipinski definition) is 1. The molecule has 2 aliphatic rings. The Morgan fingerprint density at radius 1 is 1.35 bits per heavy atom. The summed E-state index contributed by atoms with van der Waals surface area (Å²) in [4.78, 5) is 16.8. The first-order chi connectivity index (χ1) is 10.7. The quantitative estimate of drug-likeness (QED) is 0.839. The van der Waals surface area contributed by atoms with Gasteiger partial charge in [0.05, 0.1) is 16.0 Å². The topological polar surface area (TPSA) is 71.9 Å². The monoisotopic (exact) mass is 336 g/mol. The summed E-state index contributed by atoms with van der Waals surface area (Å²) < 4.78 is 13.0. The van der Waals surface area contributed by atoms with Crippen LogP contribution in [-0.4, -0.2) is 52.5 Å². The molecule has 0 spiro atoms. The van der Waals surface area contributed by atoms with Gasteiger partial charge in [0.25, 0.3) is 0 Å². The number of carboxylic acid groups (broad SMARTS) is 1. The van der Waals surface area contributed by atoms with E-state index < -0.39 is 13.2 Å². The lowest BCUT2D eigenvalue weighted by molar-refractivity contribution is 0.00578. The summed E-state index contributed by atoms with van der Waals surface area (Å²) in [6, 6.07) is 0. The average Bonchev–Trinajstić information content (AvgIpc) is 3.02. The average molecular weight is 336 g/mol. The maximum Gasteiger partial charge on any atom is 0.507 e. The Bertz CT molecular complexity index is 640. The van der Waals surface area contributed by atoms with Crippen LogP contribution in [0.3, 0.4) is 0 Å². The first-order valence-electron chi connectivity index (χ1n) is 7.68. The zero-order valence-corrected chi connectivity index (χ0v) is 14.6. The molecule has 1 amide bonds. The van der Waals surface area contributed by atoms with E-state index in [1.807, 2.05) is 33.8 Å². The second-order valence-corrected chi connectivity index (χ2v) is 7.93. The first kappa shape index (κ1) is 16.5. The van der Waals surface area contributed by atoms with E-state index in [1.54, 1.807) is 17.5 Å². The fourth-order valence-corrected chi connectivity index (χ4v) is 3.48. The predicted octanol–water partition coefficient (Wildman–Crippen LogP) is 2.21. The number of nitrogens with zero attached hydrogens (tertiary/aromatic N) is 2. The van der Waals surface area contributed by atoms with Gasteiger partial charge in [-0.25, -0.2) is 9.78 Å². The molecule has 1 saturated heterocycles. The van der Waals surface area contributed by atoms with Gasteiger partial charge in [-0.15, -0.1) is 11.3 Å². The Kier molecular flexibility index (Phi) is 4.02. The van der Waals surface area contributed by atoms with E-state index >= 15 is 0 Å². The third-order valence-corrected chi connectivity index (χ3v) is 5.86. The molecule has 6 nitrogen and oxygen atoms in total. The molecule has 1 aromatic heterocycles. The Balaban J connectivity index is 1.74. The molecule has 0 bridgehead atoms. The largest absolute Gasteiger partial charge is 0.507 e. The molecule has 3 rings (SSSR count). The number of thiazole rings is 1. The second kappa shape index (κ2) is 5.61. The highest BCUT2D eigenvalue weighted by atomic mass is 32.1. The smallest absolute Gasteiger partial charge is 0.465 e. The zero-order chi connectivity index (χ0) is 16.8. The molecule has 0 unspecified atom stereocenters. The maximum atomic E-state index is 10.9. The first-order valence-corrected chi connectivity index (χ1v) is 8.50. The normalized spacial score (nSPS) is 23.0. The van der Waals surface area contributed by atoms with Gasteiger partial charge in [-0.1, -0.05) is 6.08 Å². The lowest BCUT2D eigenvalue weighted by Crippen LogP contribution is -2.41. The summed E-state index contributed by atoms with van der Waals surface area (Å²) in [5.74, 6) is 0. The summed E-state index contributed by atoms with van der Waals surface area (Å²) in [5, 5.41) is 9.91. The molecule has 124 valence electrons. The van der Waals surface area contributed by atoms with Crippen LogP contribution >= 0.6 is 11.3 Å². The zero-order valence-electron chi connectivity index (χ0n) is 13.8. The van der Waals surface area contributed by atoms with E-state index in [0.29, 0.717) is 19.5 Å². The van der Waals surface area contributed by atoms with E-state index in [9.17, 15) is 4.79 Å². The molecule has 0 aromatic carbocycles. The Labute approximate surface area is 140 Å². The number of hydrogen-bond acceptors (Lipinski definition) is 5. The van der Waals surface area contributed by atoms with Crippen molar-refractivity contribution in [1.29, 1.82) is 0 Å². The van der Waals surface area contributed by atoms with Gasteiger partial charge in [0.15, 0.2) is 0 Å². The minimum absolute atomic E-state index is 0.367. The Morgan fingerprint density at radius 3 is 2.52 bits per heavy atom. The van der Waals surface area contributed by atoms with Gasteiger partial charge in [-0.2, -0.15) is 0 Å². The molecule has 1 aromatic rings. The van der Waals surface area contributed by atoms with Crippen LogP contribution in [0.4, 0.5) is 4.79 Å². The van der Waals surface area contributed by atoms with Crippen LogP contribution in [0.5, 0.6) is 0 Å². The van der Waals surface area contributed by atoms with Crippen molar-refractivity contribution in [3.8, 4) is 0 Å². The summed E-state index contributed by atoms with van der Waals surface area (Å²) in [6.45, 7) is 9.03. The van der Waals surface area contributed by atoms with Crippen molar-refractivity contribution in [3.63, 3.8) is 0 Å². The lowest BCUT2D eigenvalue weighted by Gasteiger charge is -2.32. The van der Waals surface area contributed by atoms with Gasteiger partial charge >= 0.3 is 13.2 Å². The highest BCUT2D eigenvalue weighted by Gasteiger charge is 2.52. The van der Waals surface area contributed by atoms with Crippen molar-refractivity contribution >= 4 is 34.9 Å². The second-order valence-electron chi connectivity index (χ2n) is 6.86. The maximum absolute atomic E-state index is 10.9. The van der Waals surface area contributed by atoms with Gasteiger partial charge in [0, 0.05) is 19.3 Å². The highest BCUT2D eigenvalue weighted by molar-refractivity contribution is 7.22. The van der Waals surface area contributed by atoms with Gasteiger partial charge in [-0.3, -0.25) is 0 Å². The van der Waals surface area contributed by atoms with Gasteiger partial charge in [-0.05, 0) is 39.7 Å².